The van der Waals surface area contributed by atoms with Crippen LogP contribution in [0.5, 0.6) is 0 Å². The van der Waals surface area contributed by atoms with E-state index in [9.17, 15) is 39.9 Å². The molecule has 6 N–H and O–H groups in total. The van der Waals surface area contributed by atoms with Gasteiger partial charge in [0.05, 0.1) is 47.6 Å². The molecule has 418 valence electrons. The average molecular weight is 1020 g/mol. The molecule has 0 aromatic heterocycles. The van der Waals surface area contributed by atoms with Crippen LogP contribution in [0.4, 0.5) is 0 Å². The van der Waals surface area contributed by atoms with Gasteiger partial charge in [0.2, 0.25) is 0 Å². The zero-order valence-electron chi connectivity index (χ0n) is 46.6. The summed E-state index contributed by atoms with van der Waals surface area (Å²) in [5.41, 5.74) is -4.84. The fourth-order valence-electron chi connectivity index (χ4n) is 11.1. The molecule has 3 aliphatic heterocycles. The lowest BCUT2D eigenvalue weighted by molar-refractivity contribution is -0.318. The van der Waals surface area contributed by atoms with E-state index in [2.05, 4.69) is 6.92 Å². The highest BCUT2D eigenvalue weighted by atomic mass is 16.7. The highest BCUT2D eigenvalue weighted by Gasteiger charge is 2.53. The van der Waals surface area contributed by atoms with Crippen molar-refractivity contribution in [2.45, 2.75) is 289 Å². The highest BCUT2D eigenvalue weighted by Crippen LogP contribution is 2.41. The zero-order chi connectivity index (χ0) is 53.9. The molecular weight excluding hydrogens is 915 g/mol. The van der Waals surface area contributed by atoms with Crippen LogP contribution < -0.4 is 0 Å². The number of hydrogen-bond donors (Lipinski definition) is 6. The van der Waals surface area contributed by atoms with Crippen LogP contribution in [0.3, 0.4) is 0 Å². The van der Waals surface area contributed by atoms with Gasteiger partial charge < -0.3 is 64.0 Å². The SMILES string of the molecule is CCC1OC(=O)C(C)C(OC2C[C@@](C)(OC)C(O)C(C)O2)C(C)C(OC2OC(C)CC(N(C)C)C2O)[C@](C)(O)CC(C)C(=O)C(C)C(O)[C@]1(C)O.CCCCCCCCCCCCCCCCCC(=O)O. The number of likely N-dealkylation sites (N-methyl/N-ethyl adjacent to an activating group) is 1. The molecule has 18 atom stereocenters. The molecule has 16 heteroatoms. The first-order valence-corrected chi connectivity index (χ1v) is 27.5. The summed E-state index contributed by atoms with van der Waals surface area (Å²) in [5, 5.41) is 66.1. The summed E-state index contributed by atoms with van der Waals surface area (Å²) in [7, 11) is 5.18. The summed E-state index contributed by atoms with van der Waals surface area (Å²) >= 11 is 0. The number of carboxylic acids is 1. The minimum absolute atomic E-state index is 0.0936. The molecule has 0 saturated carbocycles. The molecule has 0 bridgehead atoms. The molecule has 16 nitrogen and oxygen atoms in total. The van der Waals surface area contributed by atoms with Crippen LogP contribution in [0.1, 0.15) is 205 Å². The van der Waals surface area contributed by atoms with Gasteiger partial charge >= 0.3 is 11.9 Å². The lowest BCUT2D eigenvalue weighted by atomic mass is 9.74. The number of ether oxygens (including phenoxy) is 6. The molecule has 3 heterocycles. The van der Waals surface area contributed by atoms with Crippen molar-refractivity contribution in [2.24, 2.45) is 23.7 Å². The number of Topliss-reactive ketones (excluding diaryl/α,β-unsaturated/α-hetero) is 1. The number of ketones is 1. The molecule has 15 unspecified atom stereocenters. The van der Waals surface area contributed by atoms with Gasteiger partial charge in [-0.05, 0) is 81.3 Å². The first-order chi connectivity index (χ1) is 33.2. The van der Waals surface area contributed by atoms with E-state index in [1.165, 1.54) is 111 Å². The first kappa shape index (κ1) is 65.3. The summed E-state index contributed by atoms with van der Waals surface area (Å²) in [4.78, 5) is 40.1. The Morgan fingerprint density at radius 1 is 0.732 bits per heavy atom. The predicted octanol–water partition coefficient (Wildman–Crippen LogP) is 8.12. The lowest BCUT2D eigenvalue weighted by Gasteiger charge is -2.49. The second-order valence-electron chi connectivity index (χ2n) is 22.6. The molecule has 71 heavy (non-hydrogen) atoms. The van der Waals surface area contributed by atoms with Crippen LogP contribution in [0.25, 0.3) is 0 Å². The minimum atomic E-state index is -1.99. The molecular formula is C55H103NO15. The smallest absolute Gasteiger partial charge is 0.311 e. The topological polar surface area (TPSA) is 231 Å². The van der Waals surface area contributed by atoms with E-state index in [0.29, 0.717) is 12.8 Å². The van der Waals surface area contributed by atoms with E-state index >= 15 is 0 Å². The summed E-state index contributed by atoms with van der Waals surface area (Å²) in [6.07, 6.45) is 10.5. The summed E-state index contributed by atoms with van der Waals surface area (Å²) in [6, 6.07) is -0.324. The number of nitrogens with zero attached hydrogens (tertiary/aromatic N) is 1. The molecule has 0 spiro atoms. The molecule has 3 saturated heterocycles. The molecule has 0 amide bonds. The first-order valence-electron chi connectivity index (χ1n) is 27.5. The lowest BCUT2D eigenvalue weighted by Crippen LogP contribution is -2.61. The molecule has 0 aliphatic carbocycles. The Kier molecular flexibility index (Phi) is 28.8. The number of carboxylic acid groups (broad SMARTS) is 1. The van der Waals surface area contributed by atoms with Crippen molar-refractivity contribution in [2.75, 3.05) is 21.2 Å². The van der Waals surface area contributed by atoms with Crippen molar-refractivity contribution in [3.05, 3.63) is 0 Å². The molecule has 3 aliphatic rings. The van der Waals surface area contributed by atoms with E-state index in [1.807, 2.05) is 25.9 Å². The molecule has 3 fully saturated rings. The van der Waals surface area contributed by atoms with Crippen LogP contribution in [0.2, 0.25) is 0 Å². The van der Waals surface area contributed by atoms with Crippen molar-refractivity contribution in [3.8, 4) is 0 Å². The second-order valence-corrected chi connectivity index (χ2v) is 22.6. The number of carbonyl (C=O) groups is 3. The van der Waals surface area contributed by atoms with Crippen LogP contribution in [0.15, 0.2) is 0 Å². The Bertz CT molecular complexity index is 1530. The summed E-state index contributed by atoms with van der Waals surface area (Å²) in [5.74, 6) is -5.63. The van der Waals surface area contributed by atoms with E-state index in [0.717, 1.165) is 12.8 Å². The Hall–Kier alpha value is -1.83. The number of hydrogen-bond acceptors (Lipinski definition) is 15. The summed E-state index contributed by atoms with van der Waals surface area (Å²) < 4.78 is 37.1. The quantitative estimate of drug-likeness (QED) is 0.0419. The Labute approximate surface area is 428 Å². The second kappa shape index (κ2) is 31.3. The van der Waals surface area contributed by atoms with Crippen molar-refractivity contribution in [1.29, 1.82) is 0 Å². The van der Waals surface area contributed by atoms with Gasteiger partial charge in [-0.1, -0.05) is 125 Å². The fraction of sp³-hybridized carbons (Fsp3) is 0.945. The van der Waals surface area contributed by atoms with Gasteiger partial charge in [0.1, 0.15) is 29.7 Å². The monoisotopic (exact) mass is 1020 g/mol. The van der Waals surface area contributed by atoms with Gasteiger partial charge in [-0.2, -0.15) is 0 Å². The van der Waals surface area contributed by atoms with Crippen molar-refractivity contribution < 1.29 is 73.4 Å². The number of aliphatic hydroxyl groups is 5. The number of aliphatic hydroxyl groups excluding tert-OH is 3. The fourth-order valence-corrected chi connectivity index (χ4v) is 11.1. The Morgan fingerprint density at radius 3 is 1.73 bits per heavy atom. The maximum Gasteiger partial charge on any atom is 0.311 e. The third-order valence-corrected chi connectivity index (χ3v) is 15.8. The van der Waals surface area contributed by atoms with Crippen molar-refractivity contribution in [3.63, 3.8) is 0 Å². The van der Waals surface area contributed by atoms with Gasteiger partial charge in [0.15, 0.2) is 12.6 Å². The minimum Gasteiger partial charge on any atom is -0.481 e. The van der Waals surface area contributed by atoms with Gasteiger partial charge in [-0.25, -0.2) is 0 Å². The molecule has 0 radical (unpaired) electrons. The largest absolute Gasteiger partial charge is 0.481 e. The Morgan fingerprint density at radius 2 is 1.25 bits per heavy atom. The number of unbranched alkanes of at least 4 members (excludes halogenated alkanes) is 14. The third kappa shape index (κ3) is 20.0. The van der Waals surface area contributed by atoms with E-state index in [4.69, 9.17) is 33.5 Å². The van der Waals surface area contributed by atoms with Crippen molar-refractivity contribution >= 4 is 17.7 Å². The summed E-state index contributed by atoms with van der Waals surface area (Å²) in [6.45, 7) is 18.6. The molecule has 3 rings (SSSR count). The van der Waals surface area contributed by atoms with Gasteiger partial charge in [0, 0.05) is 43.7 Å². The zero-order valence-corrected chi connectivity index (χ0v) is 46.6. The maximum atomic E-state index is 14.1. The third-order valence-electron chi connectivity index (χ3n) is 15.8. The van der Waals surface area contributed by atoms with Crippen molar-refractivity contribution in [1.82, 2.24) is 4.90 Å². The number of rotatable bonds is 23. The molecule has 0 aromatic rings. The number of methoxy groups -OCH3 is 1. The number of carbonyl (C=O) groups excluding carboxylic acids is 2. The number of cyclic esters (lactones) is 1. The van der Waals surface area contributed by atoms with Gasteiger partial charge in [0.25, 0.3) is 0 Å². The van der Waals surface area contributed by atoms with Crippen LogP contribution >= 0.6 is 0 Å². The predicted molar refractivity (Wildman–Crippen MR) is 273 cm³/mol. The van der Waals surface area contributed by atoms with Gasteiger partial charge in [-0.3, -0.25) is 14.4 Å². The van der Waals surface area contributed by atoms with Crippen LogP contribution in [0, 0.1) is 23.7 Å². The molecule has 0 aromatic carbocycles. The van der Waals surface area contributed by atoms with E-state index in [1.54, 1.807) is 41.5 Å². The normalized spacial score (nSPS) is 38.8. The highest BCUT2D eigenvalue weighted by molar-refractivity contribution is 5.83. The number of aliphatic carboxylic acids is 1. The van der Waals surface area contributed by atoms with E-state index < -0.39 is 114 Å². The standard InChI is InChI=1S/C37H67NO13.C18H36O2/c1-14-25-37(10,45)30(41)20(4)27(39)18(2)16-35(8,44)32(51-34-28(40)24(38(11)12)15-19(3)47-34)21(5)29(22(6)33(43)49-25)50-26-17-36(9,46-13)31(42)23(7)48-26;1-2-3-4-5-6-7-8-9-10-11-12-13-14-15-16-17-18(19)20/h18-26,28-32,34,40-42,44-45H,14-17H2,1-13H3;2-17H2,1H3,(H,19,20)/t18?,19?,20?,21?,22?,23?,24?,25?,26?,28?,29?,30?,31?,32?,34?,35-,36-,37-;/m1./s1. The average Bonchev–Trinajstić information content (AvgIpc) is 3.31. The van der Waals surface area contributed by atoms with Gasteiger partial charge in [-0.15, -0.1) is 0 Å². The maximum absolute atomic E-state index is 14.1. The van der Waals surface area contributed by atoms with Crippen LogP contribution in [-0.2, 0) is 42.8 Å². The Balaban J connectivity index is 0.000000725. The van der Waals surface area contributed by atoms with Crippen LogP contribution in [-0.4, -0.2) is 159 Å². The van der Waals surface area contributed by atoms with E-state index in [-0.39, 0.29) is 31.4 Å². The number of esters is 1.